The fourth-order valence-electron chi connectivity index (χ4n) is 4.57. The second-order valence-corrected chi connectivity index (χ2v) is 8.83. The molecule has 9 nitrogen and oxygen atoms in total. The molecule has 1 unspecified atom stereocenters. The maximum atomic E-state index is 13.3. The molecule has 3 heterocycles. The average Bonchev–Trinajstić information content (AvgIpc) is 3.59. The number of anilines is 1. The molecule has 2 aromatic heterocycles. The number of amides is 1. The van der Waals surface area contributed by atoms with E-state index in [2.05, 4.69) is 14.9 Å². The molecule has 1 atom stereocenters. The minimum atomic E-state index is -4.51. The van der Waals surface area contributed by atoms with Crippen LogP contribution in [0.4, 0.5) is 18.9 Å². The first kappa shape index (κ1) is 28.5. The highest BCUT2D eigenvalue weighted by atomic mass is 19.4. The Hall–Kier alpha value is -4.53. The van der Waals surface area contributed by atoms with Gasteiger partial charge in [-0.1, -0.05) is 13.8 Å². The number of ether oxygens (including phenoxy) is 1. The van der Waals surface area contributed by atoms with Gasteiger partial charge in [-0.25, -0.2) is 9.97 Å². The largest absolute Gasteiger partial charge is 0.496 e. The molecule has 1 fully saturated rings. The molecule has 0 N–H and O–H groups in total. The van der Waals surface area contributed by atoms with E-state index in [4.69, 9.17) is 9.15 Å². The summed E-state index contributed by atoms with van der Waals surface area (Å²) in [5.41, 5.74) is 1.19. The van der Waals surface area contributed by atoms with Crippen LogP contribution in [0.25, 0.3) is 22.4 Å². The normalized spacial score (nSPS) is 14.3. The summed E-state index contributed by atoms with van der Waals surface area (Å²) >= 11 is 0. The predicted octanol–water partition coefficient (Wildman–Crippen LogP) is 5.47. The molecule has 40 heavy (non-hydrogen) atoms. The highest BCUT2D eigenvalue weighted by Crippen LogP contribution is 2.35. The number of aryl methyl sites for hydroxylation is 1. The van der Waals surface area contributed by atoms with E-state index in [1.807, 2.05) is 38.1 Å². The Morgan fingerprint density at radius 2 is 1.82 bits per heavy atom. The molecule has 1 saturated heterocycles. The van der Waals surface area contributed by atoms with Gasteiger partial charge in [0.2, 0.25) is 6.04 Å². The number of piperazine rings is 1. The molecule has 0 bridgehead atoms. The van der Waals surface area contributed by atoms with Crippen LogP contribution < -0.4 is 9.64 Å². The summed E-state index contributed by atoms with van der Waals surface area (Å²) in [6.07, 6.45) is -1.64. The number of carbonyl (C=O) groups is 1. The van der Waals surface area contributed by atoms with Crippen molar-refractivity contribution in [2.24, 2.45) is 0 Å². The zero-order valence-electron chi connectivity index (χ0n) is 22.6. The number of nitriles is 1. The molecular formula is C28H29F3N6O3. The van der Waals surface area contributed by atoms with Crippen LogP contribution >= 0.6 is 0 Å². The van der Waals surface area contributed by atoms with Crippen molar-refractivity contribution in [2.75, 3.05) is 38.2 Å². The van der Waals surface area contributed by atoms with Crippen LogP contribution in [0.5, 0.6) is 5.75 Å². The number of oxazole rings is 1. The molecular weight excluding hydrogens is 525 g/mol. The van der Waals surface area contributed by atoms with E-state index in [9.17, 15) is 23.2 Å². The number of carbonyl (C=O) groups excluding carboxylic acids is 1. The molecule has 2 aromatic carbocycles. The zero-order chi connectivity index (χ0) is 29.0. The van der Waals surface area contributed by atoms with E-state index in [1.54, 1.807) is 25.1 Å². The maximum Gasteiger partial charge on any atom is 0.416 e. The van der Waals surface area contributed by atoms with Crippen molar-refractivity contribution >= 4 is 22.6 Å². The lowest BCUT2D eigenvalue weighted by atomic mass is 10.1. The van der Waals surface area contributed by atoms with Crippen LogP contribution in [-0.2, 0) is 11.0 Å². The summed E-state index contributed by atoms with van der Waals surface area (Å²) in [7, 11) is 1.58. The van der Waals surface area contributed by atoms with Crippen LogP contribution in [0.3, 0.4) is 0 Å². The quantitative estimate of drug-likeness (QED) is 0.323. The van der Waals surface area contributed by atoms with Crippen molar-refractivity contribution in [3.63, 3.8) is 0 Å². The van der Waals surface area contributed by atoms with Crippen LogP contribution in [0.1, 0.15) is 31.3 Å². The monoisotopic (exact) mass is 554 g/mol. The number of rotatable bonds is 5. The standard InChI is InChI=1S/C26H23F3N6O3.C2H6/c1-16-31-14-24(38-16)19-5-4-18(12-23(19)37-2)33-7-9-34(10-8-33)25(36)22(13-30)35-15-32-20-11-17(26(27,28)29)3-6-21(20)35;1-2/h3-6,11-12,14-15,22H,7-10H2,1-2H3;1-2H3. The molecule has 1 amide bonds. The average molecular weight is 555 g/mol. The molecule has 12 heteroatoms. The second-order valence-electron chi connectivity index (χ2n) is 8.83. The molecule has 0 aliphatic carbocycles. The summed E-state index contributed by atoms with van der Waals surface area (Å²) in [6, 6.07) is 9.54. The van der Waals surface area contributed by atoms with Gasteiger partial charge in [0.1, 0.15) is 5.75 Å². The molecule has 210 valence electrons. The van der Waals surface area contributed by atoms with Gasteiger partial charge in [-0.05, 0) is 30.3 Å². The lowest BCUT2D eigenvalue weighted by Crippen LogP contribution is -2.50. The Balaban J connectivity index is 0.00000181. The molecule has 1 aliphatic rings. The smallest absolute Gasteiger partial charge is 0.416 e. The lowest BCUT2D eigenvalue weighted by molar-refractivity contribution is -0.137. The first-order valence-electron chi connectivity index (χ1n) is 12.8. The second kappa shape index (κ2) is 11.7. The highest BCUT2D eigenvalue weighted by molar-refractivity contribution is 5.86. The van der Waals surface area contributed by atoms with Crippen molar-refractivity contribution in [3.8, 4) is 23.1 Å². The molecule has 4 aromatic rings. The summed E-state index contributed by atoms with van der Waals surface area (Å²) in [5, 5.41) is 9.79. The number of alkyl halides is 3. The fourth-order valence-corrected chi connectivity index (χ4v) is 4.57. The van der Waals surface area contributed by atoms with E-state index in [-0.39, 0.29) is 11.0 Å². The fraction of sp³-hybridized carbons (Fsp3) is 0.357. The number of nitrogens with zero attached hydrogens (tertiary/aromatic N) is 6. The zero-order valence-corrected chi connectivity index (χ0v) is 22.6. The van der Waals surface area contributed by atoms with Gasteiger partial charge in [-0.2, -0.15) is 18.4 Å². The third-order valence-electron chi connectivity index (χ3n) is 6.56. The number of halogens is 3. The van der Waals surface area contributed by atoms with E-state index in [1.165, 1.54) is 17.0 Å². The Morgan fingerprint density at radius 3 is 2.42 bits per heavy atom. The van der Waals surface area contributed by atoms with Gasteiger partial charge < -0.3 is 23.5 Å². The summed E-state index contributed by atoms with van der Waals surface area (Å²) in [4.78, 5) is 25.1. The topological polar surface area (TPSA) is 100 Å². The van der Waals surface area contributed by atoms with Crippen LogP contribution in [0, 0.1) is 18.3 Å². The number of methoxy groups -OCH3 is 1. The van der Waals surface area contributed by atoms with Crippen molar-refractivity contribution in [2.45, 2.75) is 33.0 Å². The number of hydrogen-bond donors (Lipinski definition) is 0. The predicted molar refractivity (Wildman–Crippen MR) is 143 cm³/mol. The van der Waals surface area contributed by atoms with Gasteiger partial charge in [-0.3, -0.25) is 4.79 Å². The summed E-state index contributed by atoms with van der Waals surface area (Å²) in [5.74, 6) is 1.35. The van der Waals surface area contributed by atoms with Crippen molar-refractivity contribution < 1.29 is 27.1 Å². The van der Waals surface area contributed by atoms with Gasteiger partial charge in [0.05, 0.1) is 47.9 Å². The van der Waals surface area contributed by atoms with Gasteiger partial charge in [0, 0.05) is 44.9 Å². The van der Waals surface area contributed by atoms with Crippen molar-refractivity contribution in [1.29, 1.82) is 5.26 Å². The molecule has 1 aliphatic heterocycles. The van der Waals surface area contributed by atoms with Crippen LogP contribution in [-0.4, -0.2) is 58.6 Å². The maximum absolute atomic E-state index is 13.3. The van der Waals surface area contributed by atoms with Gasteiger partial charge in [-0.15, -0.1) is 0 Å². The third kappa shape index (κ3) is 5.59. The van der Waals surface area contributed by atoms with E-state index < -0.39 is 23.7 Å². The van der Waals surface area contributed by atoms with Gasteiger partial charge in [0.15, 0.2) is 11.7 Å². The number of fused-ring (bicyclic) bond motifs is 1. The Morgan fingerprint density at radius 1 is 1.10 bits per heavy atom. The molecule has 0 spiro atoms. The van der Waals surface area contributed by atoms with Crippen molar-refractivity contribution in [1.82, 2.24) is 19.4 Å². The van der Waals surface area contributed by atoms with E-state index in [0.29, 0.717) is 43.6 Å². The molecule has 0 saturated carbocycles. The first-order chi connectivity index (χ1) is 19.2. The van der Waals surface area contributed by atoms with Crippen LogP contribution in [0.2, 0.25) is 0 Å². The van der Waals surface area contributed by atoms with Gasteiger partial charge in [0.25, 0.3) is 5.91 Å². The number of benzene rings is 2. The summed E-state index contributed by atoms with van der Waals surface area (Å²) in [6.45, 7) is 7.54. The Kier molecular flexibility index (Phi) is 8.32. The van der Waals surface area contributed by atoms with Gasteiger partial charge >= 0.3 is 6.18 Å². The number of aromatic nitrogens is 3. The molecule has 5 rings (SSSR count). The summed E-state index contributed by atoms with van der Waals surface area (Å²) < 4.78 is 51.6. The van der Waals surface area contributed by atoms with E-state index >= 15 is 0 Å². The lowest BCUT2D eigenvalue weighted by Gasteiger charge is -2.37. The molecule has 0 radical (unpaired) electrons. The Labute approximate surface area is 229 Å². The van der Waals surface area contributed by atoms with Crippen molar-refractivity contribution in [3.05, 3.63) is 60.4 Å². The third-order valence-corrected chi connectivity index (χ3v) is 6.56. The SMILES string of the molecule is CC.COc1cc(N2CCN(C(=O)C(C#N)n3cnc4cc(C(F)(F)F)ccc43)CC2)ccc1-c1cnc(C)o1. The van der Waals surface area contributed by atoms with E-state index in [0.717, 1.165) is 23.4 Å². The minimum Gasteiger partial charge on any atom is -0.496 e. The number of imidazole rings is 1. The Bertz CT molecular complexity index is 1530. The highest BCUT2D eigenvalue weighted by Gasteiger charge is 2.33. The minimum absolute atomic E-state index is 0.0654. The van der Waals surface area contributed by atoms with Crippen LogP contribution in [0.15, 0.2) is 53.3 Å². The first-order valence-corrected chi connectivity index (χ1v) is 12.8. The number of hydrogen-bond acceptors (Lipinski definition) is 7.